The van der Waals surface area contributed by atoms with Crippen LogP contribution in [0.1, 0.15) is 11.6 Å². The third-order valence-corrected chi connectivity index (χ3v) is 5.67. The summed E-state index contributed by atoms with van der Waals surface area (Å²) in [4.78, 5) is 21.3. The molecule has 0 bridgehead atoms. The van der Waals surface area contributed by atoms with Gasteiger partial charge in [0.1, 0.15) is 11.4 Å². The smallest absolute Gasteiger partial charge is 0.241 e. The number of hydrogen-bond acceptors (Lipinski definition) is 8. The van der Waals surface area contributed by atoms with Gasteiger partial charge in [0, 0.05) is 37.1 Å². The maximum Gasteiger partial charge on any atom is 0.241 e. The summed E-state index contributed by atoms with van der Waals surface area (Å²) in [6.45, 7) is 3.33. The zero-order chi connectivity index (χ0) is 21.9. The minimum atomic E-state index is 0.0586. The largest absolute Gasteiger partial charge is 0.497 e. The summed E-state index contributed by atoms with van der Waals surface area (Å²) in [5, 5.41) is 9.05. The lowest BCUT2D eigenvalue weighted by molar-refractivity contribution is -0.132. The van der Waals surface area contributed by atoms with E-state index in [1.165, 1.54) is 0 Å². The van der Waals surface area contributed by atoms with E-state index in [2.05, 4.69) is 20.2 Å². The van der Waals surface area contributed by atoms with Crippen LogP contribution in [0.25, 0.3) is 22.4 Å². The molecule has 1 saturated heterocycles. The number of piperazine rings is 1. The lowest BCUT2D eigenvalue weighted by atomic mass is 10.1. The van der Waals surface area contributed by atoms with Crippen LogP contribution in [0, 0.1) is 0 Å². The van der Waals surface area contributed by atoms with Gasteiger partial charge in [0.15, 0.2) is 5.58 Å². The molecule has 9 nitrogen and oxygen atoms in total. The lowest BCUT2D eigenvalue weighted by Gasteiger charge is -2.33. The average Bonchev–Trinajstić information content (AvgIpc) is 3.47. The number of methoxy groups -OCH3 is 1. The van der Waals surface area contributed by atoms with Crippen molar-refractivity contribution in [1.82, 2.24) is 25.1 Å². The van der Waals surface area contributed by atoms with Crippen molar-refractivity contribution in [3.63, 3.8) is 0 Å². The zero-order valence-corrected chi connectivity index (χ0v) is 17.7. The standard InChI is InChI=1S/C23H23N5O4/c1-30-17-8-6-16(7-9-17)23-24-21(32-26-23)15-27-10-12-28(13-11-27)22(29)14-19-18-4-2-3-5-20(18)31-25-19/h2-9H,10-15H2,1H3. The molecule has 1 fully saturated rings. The molecule has 0 N–H and O–H groups in total. The highest BCUT2D eigenvalue weighted by Gasteiger charge is 2.24. The number of amides is 1. The van der Waals surface area contributed by atoms with Crippen LogP contribution in [0.3, 0.4) is 0 Å². The van der Waals surface area contributed by atoms with Crippen LogP contribution >= 0.6 is 0 Å². The van der Waals surface area contributed by atoms with E-state index in [0.717, 1.165) is 29.8 Å². The molecule has 1 aliphatic heterocycles. The SMILES string of the molecule is COc1ccc(-c2noc(CN3CCN(C(=O)Cc4noc5ccccc45)CC3)n2)cc1. The highest BCUT2D eigenvalue weighted by Crippen LogP contribution is 2.21. The second kappa shape index (κ2) is 8.80. The molecule has 4 aromatic rings. The van der Waals surface area contributed by atoms with Crippen molar-refractivity contribution in [2.45, 2.75) is 13.0 Å². The van der Waals surface area contributed by atoms with Gasteiger partial charge in [-0.05, 0) is 36.4 Å². The molecule has 0 spiro atoms. The molecule has 0 aliphatic carbocycles. The monoisotopic (exact) mass is 433 g/mol. The molecule has 1 amide bonds. The summed E-state index contributed by atoms with van der Waals surface area (Å²) in [5.74, 6) is 1.95. The van der Waals surface area contributed by atoms with Gasteiger partial charge in [0.05, 0.1) is 20.1 Å². The second-order valence-electron chi connectivity index (χ2n) is 7.70. The molecule has 9 heteroatoms. The quantitative estimate of drug-likeness (QED) is 0.458. The fourth-order valence-electron chi connectivity index (χ4n) is 3.84. The minimum absolute atomic E-state index is 0.0586. The van der Waals surface area contributed by atoms with E-state index in [1.807, 2.05) is 53.4 Å². The summed E-state index contributed by atoms with van der Waals surface area (Å²) in [6.07, 6.45) is 0.242. The molecule has 32 heavy (non-hydrogen) atoms. The van der Waals surface area contributed by atoms with Gasteiger partial charge in [-0.3, -0.25) is 9.69 Å². The fraction of sp³-hybridized carbons (Fsp3) is 0.304. The van der Waals surface area contributed by atoms with Crippen LogP contribution < -0.4 is 4.74 Å². The number of hydrogen-bond donors (Lipinski definition) is 0. The topological polar surface area (TPSA) is 97.7 Å². The third kappa shape index (κ3) is 4.19. The summed E-state index contributed by atoms with van der Waals surface area (Å²) in [7, 11) is 1.63. The first-order valence-corrected chi connectivity index (χ1v) is 10.5. The summed E-state index contributed by atoms with van der Waals surface area (Å²) in [5.41, 5.74) is 2.26. The first kappa shape index (κ1) is 20.2. The highest BCUT2D eigenvalue weighted by molar-refractivity contribution is 5.86. The van der Waals surface area contributed by atoms with E-state index in [9.17, 15) is 4.79 Å². The van der Waals surface area contributed by atoms with Gasteiger partial charge in [0.25, 0.3) is 0 Å². The summed E-state index contributed by atoms with van der Waals surface area (Å²) >= 11 is 0. The van der Waals surface area contributed by atoms with Crippen LogP contribution in [0.4, 0.5) is 0 Å². The van der Waals surface area contributed by atoms with Crippen molar-refractivity contribution in [3.8, 4) is 17.1 Å². The number of carbonyl (C=O) groups is 1. The number of rotatable bonds is 6. The van der Waals surface area contributed by atoms with E-state index in [4.69, 9.17) is 13.8 Å². The number of ether oxygens (including phenoxy) is 1. The van der Waals surface area contributed by atoms with Crippen LogP contribution in [0.5, 0.6) is 5.75 Å². The first-order chi connectivity index (χ1) is 15.7. The molecule has 164 valence electrons. The van der Waals surface area contributed by atoms with Gasteiger partial charge in [-0.2, -0.15) is 4.98 Å². The van der Waals surface area contributed by atoms with E-state index >= 15 is 0 Å². The van der Waals surface area contributed by atoms with Crippen LogP contribution in [-0.2, 0) is 17.8 Å². The Balaban J connectivity index is 1.15. The molecule has 0 atom stereocenters. The van der Waals surface area contributed by atoms with Crippen LogP contribution in [0.15, 0.2) is 57.6 Å². The Morgan fingerprint density at radius 1 is 1.00 bits per heavy atom. The Bertz CT molecular complexity index is 1210. The van der Waals surface area contributed by atoms with Crippen molar-refractivity contribution in [2.75, 3.05) is 33.3 Å². The Morgan fingerprint density at radius 2 is 1.78 bits per heavy atom. The molecule has 3 heterocycles. The number of carbonyl (C=O) groups excluding carboxylic acids is 1. The molecule has 2 aromatic heterocycles. The number of nitrogens with zero attached hydrogens (tertiary/aromatic N) is 5. The molecular formula is C23H23N5O4. The molecule has 0 radical (unpaired) electrons. The van der Waals surface area contributed by atoms with Gasteiger partial charge >= 0.3 is 0 Å². The van der Waals surface area contributed by atoms with Crippen LogP contribution in [-0.4, -0.2) is 64.3 Å². The molecular weight excluding hydrogens is 410 g/mol. The predicted molar refractivity (Wildman–Crippen MR) is 116 cm³/mol. The molecule has 0 saturated carbocycles. The Morgan fingerprint density at radius 3 is 2.56 bits per heavy atom. The van der Waals surface area contributed by atoms with Gasteiger partial charge in [0.2, 0.25) is 17.6 Å². The van der Waals surface area contributed by atoms with E-state index in [1.54, 1.807) is 7.11 Å². The molecule has 5 rings (SSSR count). The van der Waals surface area contributed by atoms with Crippen molar-refractivity contribution in [2.24, 2.45) is 0 Å². The highest BCUT2D eigenvalue weighted by atomic mass is 16.5. The fourth-order valence-corrected chi connectivity index (χ4v) is 3.84. The van der Waals surface area contributed by atoms with Gasteiger partial charge in [-0.25, -0.2) is 0 Å². The van der Waals surface area contributed by atoms with E-state index in [0.29, 0.717) is 42.6 Å². The van der Waals surface area contributed by atoms with E-state index < -0.39 is 0 Å². The molecule has 0 unspecified atom stereocenters. The molecule has 1 aliphatic rings. The summed E-state index contributed by atoms with van der Waals surface area (Å²) in [6, 6.07) is 15.1. The predicted octanol–water partition coefficient (Wildman–Crippen LogP) is 2.77. The number of para-hydroxylation sites is 1. The molecule has 2 aromatic carbocycles. The Labute approximate surface area is 184 Å². The lowest BCUT2D eigenvalue weighted by Crippen LogP contribution is -2.48. The van der Waals surface area contributed by atoms with Gasteiger partial charge in [-0.15, -0.1) is 0 Å². The van der Waals surface area contributed by atoms with Crippen LogP contribution in [0.2, 0.25) is 0 Å². The number of fused-ring (bicyclic) bond motifs is 1. The normalized spacial score (nSPS) is 14.7. The first-order valence-electron chi connectivity index (χ1n) is 10.5. The van der Waals surface area contributed by atoms with Crippen molar-refractivity contribution >= 4 is 16.9 Å². The third-order valence-electron chi connectivity index (χ3n) is 5.67. The summed E-state index contributed by atoms with van der Waals surface area (Å²) < 4.78 is 15.9. The second-order valence-corrected chi connectivity index (χ2v) is 7.70. The van der Waals surface area contributed by atoms with Crippen molar-refractivity contribution < 1.29 is 18.6 Å². The van der Waals surface area contributed by atoms with E-state index in [-0.39, 0.29) is 12.3 Å². The van der Waals surface area contributed by atoms with Crippen molar-refractivity contribution in [1.29, 1.82) is 0 Å². The maximum atomic E-state index is 12.8. The van der Waals surface area contributed by atoms with Crippen molar-refractivity contribution in [3.05, 3.63) is 60.1 Å². The van der Waals surface area contributed by atoms with Gasteiger partial charge in [-0.1, -0.05) is 22.4 Å². The average molecular weight is 433 g/mol. The van der Waals surface area contributed by atoms with Gasteiger partial charge < -0.3 is 18.7 Å². The zero-order valence-electron chi connectivity index (χ0n) is 17.7. The Hall–Kier alpha value is -3.72. The number of aromatic nitrogens is 3. The minimum Gasteiger partial charge on any atom is -0.497 e. The Kier molecular flexibility index (Phi) is 5.55. The number of benzene rings is 2. The maximum absolute atomic E-state index is 12.8.